The molecule has 176 valence electrons. The van der Waals surface area contributed by atoms with Crippen molar-refractivity contribution in [2.75, 3.05) is 29.9 Å². The molecule has 0 spiro atoms. The Labute approximate surface area is 194 Å². The van der Waals surface area contributed by atoms with Gasteiger partial charge in [-0.2, -0.15) is 0 Å². The van der Waals surface area contributed by atoms with Gasteiger partial charge in [0, 0.05) is 18.4 Å². The van der Waals surface area contributed by atoms with Gasteiger partial charge in [0.05, 0.1) is 36.8 Å². The zero-order chi connectivity index (χ0) is 24.7. The molecule has 0 radical (unpaired) electrons. The Morgan fingerprint density at radius 2 is 2.00 bits per heavy atom. The van der Waals surface area contributed by atoms with Crippen molar-refractivity contribution < 1.29 is 28.2 Å². The zero-order valence-corrected chi connectivity index (χ0v) is 18.5. The number of amides is 2. The molecule has 0 aliphatic carbocycles. The molecule has 34 heavy (non-hydrogen) atoms. The Morgan fingerprint density at radius 3 is 2.71 bits per heavy atom. The van der Waals surface area contributed by atoms with Gasteiger partial charge in [-0.3, -0.25) is 14.5 Å². The Kier molecular flexibility index (Phi) is 7.82. The van der Waals surface area contributed by atoms with E-state index in [1.54, 1.807) is 6.92 Å². The smallest absolute Gasteiger partial charge is 0.414 e. The van der Waals surface area contributed by atoms with Gasteiger partial charge in [-0.25, -0.2) is 14.0 Å². The molecule has 0 unspecified atom stereocenters. The number of nitrogens with zero attached hydrogens (tertiary/aromatic N) is 1. The molecule has 1 aliphatic heterocycles. The number of hydrogen-bond acceptors (Lipinski definition) is 7. The number of hydrogen-bond donors (Lipinski definition) is 2. The van der Waals surface area contributed by atoms with Gasteiger partial charge in [-0.1, -0.05) is 12.0 Å². The summed E-state index contributed by atoms with van der Waals surface area (Å²) in [7, 11) is 0. The van der Waals surface area contributed by atoms with Gasteiger partial charge in [0.15, 0.2) is 0 Å². The maximum atomic E-state index is 14.8. The van der Waals surface area contributed by atoms with Crippen molar-refractivity contribution in [1.29, 1.82) is 0 Å². The molecule has 1 fully saturated rings. The van der Waals surface area contributed by atoms with Crippen LogP contribution in [0.15, 0.2) is 47.3 Å². The summed E-state index contributed by atoms with van der Waals surface area (Å²) in [5, 5.41) is 5.30. The van der Waals surface area contributed by atoms with Crippen LogP contribution in [0.5, 0.6) is 0 Å². The molecule has 2 aromatic rings. The summed E-state index contributed by atoms with van der Waals surface area (Å²) in [5.41, 5.74) is 0.233. The fourth-order valence-electron chi connectivity index (χ4n) is 3.08. The first kappa shape index (κ1) is 24.3. The summed E-state index contributed by atoms with van der Waals surface area (Å²) in [6.45, 7) is 3.50. The second kappa shape index (κ2) is 11.0. The first-order chi connectivity index (χ1) is 16.3. The predicted molar refractivity (Wildman–Crippen MR) is 122 cm³/mol. The molecule has 2 aromatic carbocycles. The molecule has 0 aromatic heterocycles. The Bertz CT molecular complexity index is 1240. The molecular weight excluding hydrogens is 445 g/mol. The van der Waals surface area contributed by atoms with Gasteiger partial charge in [0.2, 0.25) is 11.3 Å². The fourth-order valence-corrected chi connectivity index (χ4v) is 3.08. The molecule has 2 amide bonds. The lowest BCUT2D eigenvalue weighted by molar-refractivity contribution is -0.136. The third kappa shape index (κ3) is 6.32. The van der Waals surface area contributed by atoms with Gasteiger partial charge in [-0.15, -0.1) is 0 Å². The van der Waals surface area contributed by atoms with Crippen LogP contribution in [0.2, 0.25) is 0 Å². The van der Waals surface area contributed by atoms with Crippen LogP contribution < -0.4 is 21.0 Å². The molecular formula is C24H22FN3O6. The van der Waals surface area contributed by atoms with Crippen LogP contribution in [-0.2, 0) is 19.1 Å². The van der Waals surface area contributed by atoms with Crippen LogP contribution in [0, 0.1) is 17.7 Å². The van der Waals surface area contributed by atoms with Crippen molar-refractivity contribution in [2.45, 2.75) is 20.0 Å². The standard InChI is InChI=1S/C24H22FN3O6/c1-3-33-23(31)10-7-16-5-4-6-22(30)21(11-16)27-20-9-8-17(12-19(20)25)28-14-18(34-24(28)32)13-26-15(2)29/h4-6,8-9,11-12,18H,3,13-14H2,1-2H3,(H,26,29)(H,27,30)/t18-/m0/s1. The predicted octanol–water partition coefficient (Wildman–Crippen LogP) is 2.31. The molecule has 10 heteroatoms. The van der Waals surface area contributed by atoms with Crippen LogP contribution in [0.1, 0.15) is 19.4 Å². The van der Waals surface area contributed by atoms with E-state index in [4.69, 9.17) is 9.47 Å². The molecule has 1 saturated heterocycles. The number of benzene rings is 1. The SMILES string of the molecule is CCOC(=O)C#Cc1cccc(=O)c(Nc2ccc(N3C[C@H](CNC(C)=O)OC3=O)cc2F)c1. The monoisotopic (exact) mass is 467 g/mol. The summed E-state index contributed by atoms with van der Waals surface area (Å²) < 4.78 is 24.8. The molecule has 3 rings (SSSR count). The summed E-state index contributed by atoms with van der Waals surface area (Å²) in [6, 6.07) is 9.70. The Morgan fingerprint density at radius 1 is 1.21 bits per heavy atom. The number of carbonyl (C=O) groups excluding carboxylic acids is 3. The number of cyclic esters (lactones) is 1. The van der Waals surface area contributed by atoms with E-state index in [9.17, 15) is 23.6 Å². The van der Waals surface area contributed by atoms with Gasteiger partial charge in [-0.05, 0) is 43.3 Å². The van der Waals surface area contributed by atoms with Crippen LogP contribution in [-0.4, -0.2) is 43.8 Å². The minimum Gasteiger partial charge on any atom is -0.456 e. The minimum absolute atomic E-state index is 0.00119. The van der Waals surface area contributed by atoms with E-state index >= 15 is 0 Å². The normalized spacial score (nSPS) is 14.5. The van der Waals surface area contributed by atoms with Crippen molar-refractivity contribution in [2.24, 2.45) is 0 Å². The number of halogens is 1. The third-order valence-corrected chi connectivity index (χ3v) is 4.66. The number of esters is 1. The maximum Gasteiger partial charge on any atom is 0.414 e. The van der Waals surface area contributed by atoms with E-state index < -0.39 is 29.4 Å². The van der Waals surface area contributed by atoms with Crippen molar-refractivity contribution in [3.63, 3.8) is 0 Å². The van der Waals surface area contributed by atoms with Crippen LogP contribution >= 0.6 is 0 Å². The molecule has 0 bridgehead atoms. The molecule has 9 nitrogen and oxygen atoms in total. The van der Waals surface area contributed by atoms with Gasteiger partial charge < -0.3 is 20.1 Å². The molecule has 1 aliphatic rings. The van der Waals surface area contributed by atoms with Crippen molar-refractivity contribution in [1.82, 2.24) is 5.32 Å². The molecule has 0 saturated carbocycles. The van der Waals surface area contributed by atoms with Crippen LogP contribution in [0.3, 0.4) is 0 Å². The van der Waals surface area contributed by atoms with Crippen molar-refractivity contribution in [3.05, 3.63) is 64.1 Å². The molecule has 2 N–H and O–H groups in total. The lowest BCUT2D eigenvalue weighted by atomic mass is 10.2. The first-order valence-corrected chi connectivity index (χ1v) is 10.4. The van der Waals surface area contributed by atoms with Crippen molar-refractivity contribution in [3.8, 4) is 11.8 Å². The highest BCUT2D eigenvalue weighted by Gasteiger charge is 2.32. The van der Waals surface area contributed by atoms with E-state index in [0.29, 0.717) is 5.56 Å². The number of nitrogens with one attached hydrogen (secondary N) is 2. The summed E-state index contributed by atoms with van der Waals surface area (Å²) in [6.07, 6.45) is -1.21. The average Bonchev–Trinajstić information content (AvgIpc) is 3.07. The lowest BCUT2D eigenvalue weighted by Crippen LogP contribution is -2.33. The lowest BCUT2D eigenvalue weighted by Gasteiger charge is -2.15. The second-order valence-corrected chi connectivity index (χ2v) is 7.22. The summed E-state index contributed by atoms with van der Waals surface area (Å²) >= 11 is 0. The third-order valence-electron chi connectivity index (χ3n) is 4.66. The Hall–Kier alpha value is -4.39. The highest BCUT2D eigenvalue weighted by Crippen LogP contribution is 2.27. The fraction of sp³-hybridized carbons (Fsp3) is 0.250. The number of rotatable bonds is 6. The number of anilines is 3. The summed E-state index contributed by atoms with van der Waals surface area (Å²) in [5.74, 6) is 3.26. The highest BCUT2D eigenvalue weighted by molar-refractivity contribution is 5.90. The molecule has 1 atom stereocenters. The van der Waals surface area contributed by atoms with Crippen molar-refractivity contribution >= 4 is 35.0 Å². The topological polar surface area (TPSA) is 114 Å². The van der Waals surface area contributed by atoms with E-state index in [-0.39, 0.29) is 42.7 Å². The van der Waals surface area contributed by atoms with Gasteiger partial charge in [0.1, 0.15) is 11.9 Å². The van der Waals surface area contributed by atoms with E-state index in [2.05, 4.69) is 22.5 Å². The van der Waals surface area contributed by atoms with Gasteiger partial charge in [0.25, 0.3) is 0 Å². The number of ether oxygens (including phenoxy) is 2. The highest BCUT2D eigenvalue weighted by atomic mass is 19.1. The van der Waals surface area contributed by atoms with E-state index in [0.717, 1.165) is 6.07 Å². The van der Waals surface area contributed by atoms with Crippen LogP contribution in [0.25, 0.3) is 0 Å². The first-order valence-electron chi connectivity index (χ1n) is 10.4. The minimum atomic E-state index is -0.708. The van der Waals surface area contributed by atoms with Crippen LogP contribution in [0.4, 0.5) is 26.2 Å². The Balaban J connectivity index is 1.78. The van der Waals surface area contributed by atoms with E-state index in [1.807, 2.05) is 0 Å². The maximum absolute atomic E-state index is 14.8. The van der Waals surface area contributed by atoms with Gasteiger partial charge >= 0.3 is 12.1 Å². The quantitative estimate of drug-likeness (QED) is 0.495. The average molecular weight is 467 g/mol. The van der Waals surface area contributed by atoms with E-state index in [1.165, 1.54) is 48.2 Å². The molecule has 1 heterocycles. The zero-order valence-electron chi connectivity index (χ0n) is 18.5. The second-order valence-electron chi connectivity index (χ2n) is 7.22. The number of carbonyl (C=O) groups is 3. The largest absolute Gasteiger partial charge is 0.456 e. The summed E-state index contributed by atoms with van der Waals surface area (Å²) in [4.78, 5) is 48.3.